The van der Waals surface area contributed by atoms with Crippen LogP contribution in [0.15, 0.2) is 42.6 Å². The second-order valence-corrected chi connectivity index (χ2v) is 5.65. The molecule has 0 bridgehead atoms. The predicted octanol–water partition coefficient (Wildman–Crippen LogP) is 1.38. The van der Waals surface area contributed by atoms with Crippen LogP contribution in [-0.2, 0) is 11.3 Å². The quantitative estimate of drug-likeness (QED) is 0.559. The lowest BCUT2D eigenvalue weighted by Crippen LogP contribution is -2.29. The van der Waals surface area contributed by atoms with Crippen LogP contribution in [0.1, 0.15) is 23.7 Å². The maximum absolute atomic E-state index is 11.6. The van der Waals surface area contributed by atoms with E-state index in [1.807, 2.05) is 30.3 Å². The molecule has 1 heterocycles. The van der Waals surface area contributed by atoms with Crippen LogP contribution in [0.2, 0.25) is 0 Å². The summed E-state index contributed by atoms with van der Waals surface area (Å²) in [6.45, 7) is 0.306. The molecule has 0 saturated heterocycles. The normalized spacial score (nSPS) is 12.9. The van der Waals surface area contributed by atoms with Crippen molar-refractivity contribution in [3.05, 3.63) is 53.7 Å². The Hall–Kier alpha value is -2.84. The third-order valence-corrected chi connectivity index (χ3v) is 3.75. The van der Waals surface area contributed by atoms with Crippen LogP contribution in [0.25, 0.3) is 0 Å². The van der Waals surface area contributed by atoms with E-state index >= 15 is 0 Å². The van der Waals surface area contributed by atoms with E-state index in [0.717, 1.165) is 5.56 Å². The summed E-state index contributed by atoms with van der Waals surface area (Å²) < 4.78 is 10.1. The molecule has 8 nitrogen and oxygen atoms in total. The van der Waals surface area contributed by atoms with Gasteiger partial charge in [-0.25, -0.2) is 9.78 Å². The van der Waals surface area contributed by atoms with Crippen molar-refractivity contribution in [2.45, 2.75) is 25.2 Å². The van der Waals surface area contributed by atoms with Gasteiger partial charge in [0.2, 0.25) is 0 Å². The first-order valence-electron chi connectivity index (χ1n) is 8.11. The minimum atomic E-state index is -1.18. The molecule has 2 atom stereocenters. The number of aliphatic hydroxyl groups excluding tert-OH is 2. The standard InChI is InChI=1S/C18H23N3O5/c1-25-15-9-13(10-21-17(15)19)16(23)14(22)7-8-20-18(24)26-11-12-5-3-2-4-6-12/h2-6,9-10,14,16,22-23H,7-8,11H2,1H3,(H2,19,21)(H,20,24). The molecule has 2 rings (SSSR count). The molecule has 1 aromatic heterocycles. The fourth-order valence-corrected chi connectivity index (χ4v) is 2.27. The second-order valence-electron chi connectivity index (χ2n) is 5.65. The Morgan fingerprint density at radius 2 is 2.04 bits per heavy atom. The molecule has 26 heavy (non-hydrogen) atoms. The number of benzene rings is 1. The molecule has 0 saturated carbocycles. The second kappa shape index (κ2) is 9.59. The molecule has 1 aromatic carbocycles. The molecule has 8 heteroatoms. The van der Waals surface area contributed by atoms with Crippen molar-refractivity contribution >= 4 is 11.9 Å². The van der Waals surface area contributed by atoms with Crippen molar-refractivity contribution < 1.29 is 24.5 Å². The molecule has 140 valence electrons. The maximum atomic E-state index is 11.6. The lowest BCUT2D eigenvalue weighted by Gasteiger charge is -2.19. The van der Waals surface area contributed by atoms with Gasteiger partial charge in [-0.3, -0.25) is 0 Å². The summed E-state index contributed by atoms with van der Waals surface area (Å²) in [5.41, 5.74) is 6.87. The number of carbonyl (C=O) groups excluding carboxylic acids is 1. The van der Waals surface area contributed by atoms with Crippen molar-refractivity contribution in [2.75, 3.05) is 19.4 Å². The summed E-state index contributed by atoms with van der Waals surface area (Å²) in [6, 6.07) is 10.8. The van der Waals surface area contributed by atoms with E-state index < -0.39 is 18.3 Å². The first-order chi connectivity index (χ1) is 12.5. The number of nitrogens with one attached hydrogen (secondary N) is 1. The number of nitrogen functional groups attached to an aromatic ring is 1. The largest absolute Gasteiger partial charge is 0.493 e. The molecular formula is C18H23N3O5. The summed E-state index contributed by atoms with van der Waals surface area (Å²) in [6.07, 6.45) is -1.37. The van der Waals surface area contributed by atoms with Crippen LogP contribution in [0.5, 0.6) is 5.75 Å². The first kappa shape index (κ1) is 19.5. The number of anilines is 1. The third-order valence-electron chi connectivity index (χ3n) is 3.75. The summed E-state index contributed by atoms with van der Waals surface area (Å²) in [7, 11) is 1.44. The van der Waals surface area contributed by atoms with E-state index in [9.17, 15) is 15.0 Å². The first-order valence-corrected chi connectivity index (χ1v) is 8.11. The number of pyridine rings is 1. The lowest BCUT2D eigenvalue weighted by molar-refractivity contribution is 0.0133. The van der Waals surface area contributed by atoms with Gasteiger partial charge in [0.25, 0.3) is 0 Å². The van der Waals surface area contributed by atoms with E-state index in [1.165, 1.54) is 19.4 Å². The molecule has 5 N–H and O–H groups in total. The zero-order chi connectivity index (χ0) is 18.9. The number of methoxy groups -OCH3 is 1. The van der Waals surface area contributed by atoms with Crippen molar-refractivity contribution in [3.8, 4) is 5.75 Å². The third kappa shape index (κ3) is 5.61. The molecule has 0 fully saturated rings. The molecule has 2 aromatic rings. The topological polar surface area (TPSA) is 127 Å². The fraction of sp³-hybridized carbons (Fsp3) is 0.333. The van der Waals surface area contributed by atoms with Crippen LogP contribution in [-0.4, -0.2) is 41.0 Å². The Kier molecular flexibility index (Phi) is 7.19. The van der Waals surface area contributed by atoms with Crippen molar-refractivity contribution in [3.63, 3.8) is 0 Å². The number of rotatable bonds is 8. The van der Waals surface area contributed by atoms with Gasteiger partial charge in [-0.05, 0) is 18.1 Å². The summed E-state index contributed by atoms with van der Waals surface area (Å²) >= 11 is 0. The van der Waals surface area contributed by atoms with Crippen LogP contribution in [0.3, 0.4) is 0 Å². The van der Waals surface area contributed by atoms with Gasteiger partial charge in [-0.2, -0.15) is 0 Å². The number of alkyl carbamates (subject to hydrolysis) is 1. The zero-order valence-electron chi connectivity index (χ0n) is 14.5. The average molecular weight is 361 g/mol. The predicted molar refractivity (Wildman–Crippen MR) is 95.4 cm³/mol. The molecule has 1 amide bonds. The van der Waals surface area contributed by atoms with Gasteiger partial charge in [-0.15, -0.1) is 0 Å². The van der Waals surface area contributed by atoms with Crippen LogP contribution in [0.4, 0.5) is 10.6 Å². The molecule has 0 aliphatic rings. The van der Waals surface area contributed by atoms with Crippen LogP contribution in [0, 0.1) is 0 Å². The van der Waals surface area contributed by atoms with Gasteiger partial charge < -0.3 is 30.7 Å². The Morgan fingerprint density at radius 1 is 1.31 bits per heavy atom. The molecule has 0 aliphatic carbocycles. The smallest absolute Gasteiger partial charge is 0.407 e. The van der Waals surface area contributed by atoms with Gasteiger partial charge in [0.15, 0.2) is 11.6 Å². The molecule has 0 radical (unpaired) electrons. The molecular weight excluding hydrogens is 338 g/mol. The molecule has 0 spiro atoms. The highest BCUT2D eigenvalue weighted by atomic mass is 16.5. The zero-order valence-corrected chi connectivity index (χ0v) is 14.5. The highest BCUT2D eigenvalue weighted by Crippen LogP contribution is 2.25. The number of nitrogens with zero attached hydrogens (tertiary/aromatic N) is 1. The minimum Gasteiger partial charge on any atom is -0.493 e. The Morgan fingerprint density at radius 3 is 2.73 bits per heavy atom. The highest BCUT2D eigenvalue weighted by molar-refractivity contribution is 5.67. The number of hydrogen-bond acceptors (Lipinski definition) is 7. The van der Waals surface area contributed by atoms with E-state index in [1.54, 1.807) is 0 Å². The minimum absolute atomic E-state index is 0.133. The maximum Gasteiger partial charge on any atom is 0.407 e. The Balaban J connectivity index is 1.75. The number of aliphatic hydroxyl groups is 2. The van der Waals surface area contributed by atoms with Gasteiger partial charge in [0.05, 0.1) is 13.2 Å². The monoisotopic (exact) mass is 361 g/mol. The average Bonchev–Trinajstić information content (AvgIpc) is 2.67. The highest BCUT2D eigenvalue weighted by Gasteiger charge is 2.20. The fourth-order valence-electron chi connectivity index (χ4n) is 2.27. The van der Waals surface area contributed by atoms with Gasteiger partial charge in [0.1, 0.15) is 12.7 Å². The molecule has 0 aliphatic heterocycles. The number of hydrogen-bond donors (Lipinski definition) is 4. The van der Waals surface area contributed by atoms with Crippen molar-refractivity contribution in [2.24, 2.45) is 0 Å². The number of amides is 1. The number of aromatic nitrogens is 1. The lowest BCUT2D eigenvalue weighted by atomic mass is 10.0. The Labute approximate surface area is 151 Å². The summed E-state index contributed by atoms with van der Waals surface area (Å²) in [5.74, 6) is 0.511. The summed E-state index contributed by atoms with van der Waals surface area (Å²) in [4.78, 5) is 15.5. The van der Waals surface area contributed by atoms with Gasteiger partial charge in [0, 0.05) is 18.3 Å². The SMILES string of the molecule is COc1cc(C(O)C(O)CCNC(=O)OCc2ccccc2)cnc1N. The van der Waals surface area contributed by atoms with Gasteiger partial charge in [-0.1, -0.05) is 30.3 Å². The van der Waals surface area contributed by atoms with Crippen LogP contribution < -0.4 is 15.8 Å². The van der Waals surface area contributed by atoms with Crippen molar-refractivity contribution in [1.29, 1.82) is 0 Å². The van der Waals surface area contributed by atoms with E-state index in [0.29, 0.717) is 11.3 Å². The number of nitrogens with two attached hydrogens (primary N) is 1. The van der Waals surface area contributed by atoms with Gasteiger partial charge >= 0.3 is 6.09 Å². The van der Waals surface area contributed by atoms with Crippen LogP contribution >= 0.6 is 0 Å². The number of carbonyl (C=O) groups is 1. The molecule has 2 unspecified atom stereocenters. The summed E-state index contributed by atoms with van der Waals surface area (Å²) in [5, 5.41) is 22.8. The number of ether oxygens (including phenoxy) is 2. The van der Waals surface area contributed by atoms with E-state index in [2.05, 4.69) is 10.3 Å². The van der Waals surface area contributed by atoms with E-state index in [4.69, 9.17) is 15.2 Å². The van der Waals surface area contributed by atoms with Crippen molar-refractivity contribution in [1.82, 2.24) is 10.3 Å². The van der Waals surface area contributed by atoms with E-state index in [-0.39, 0.29) is 25.4 Å². The Bertz CT molecular complexity index is 711.